The molecule has 0 aromatic heterocycles. The number of rotatable bonds is 4. The third-order valence-corrected chi connectivity index (χ3v) is 2.94. The van der Waals surface area contributed by atoms with Crippen molar-refractivity contribution in [3.05, 3.63) is 35.4 Å². The lowest BCUT2D eigenvalue weighted by atomic mass is 9.86. The highest BCUT2D eigenvalue weighted by Gasteiger charge is 2.12. The summed E-state index contributed by atoms with van der Waals surface area (Å²) in [5.74, 6) is 0. The van der Waals surface area contributed by atoms with E-state index in [-0.39, 0.29) is 5.41 Å². The Balaban J connectivity index is 2.52. The standard InChI is InChI=1S/C15H25N/c1-12(16)6-5-7-13-8-10-14(11-9-13)15(2,3)4/h8-12H,5-7,16H2,1-4H3. The van der Waals surface area contributed by atoms with Crippen LogP contribution in [0, 0.1) is 0 Å². The zero-order chi connectivity index (χ0) is 12.2. The summed E-state index contributed by atoms with van der Waals surface area (Å²) in [6.45, 7) is 8.82. The summed E-state index contributed by atoms with van der Waals surface area (Å²) < 4.78 is 0. The second kappa shape index (κ2) is 5.49. The lowest BCUT2D eigenvalue weighted by molar-refractivity contribution is 0.589. The van der Waals surface area contributed by atoms with Gasteiger partial charge < -0.3 is 5.73 Å². The summed E-state index contributed by atoms with van der Waals surface area (Å²) in [4.78, 5) is 0. The predicted molar refractivity (Wildman–Crippen MR) is 71.7 cm³/mol. The summed E-state index contributed by atoms with van der Waals surface area (Å²) in [7, 11) is 0. The van der Waals surface area contributed by atoms with Gasteiger partial charge >= 0.3 is 0 Å². The summed E-state index contributed by atoms with van der Waals surface area (Å²) in [5, 5.41) is 0. The van der Waals surface area contributed by atoms with Gasteiger partial charge in [0.05, 0.1) is 0 Å². The summed E-state index contributed by atoms with van der Waals surface area (Å²) in [6, 6.07) is 9.33. The van der Waals surface area contributed by atoms with E-state index in [9.17, 15) is 0 Å². The van der Waals surface area contributed by atoms with Crippen LogP contribution in [0.25, 0.3) is 0 Å². The van der Waals surface area contributed by atoms with Crippen LogP contribution in [0.4, 0.5) is 0 Å². The summed E-state index contributed by atoms with van der Waals surface area (Å²) >= 11 is 0. The van der Waals surface area contributed by atoms with Crippen LogP contribution in [0.3, 0.4) is 0 Å². The fourth-order valence-corrected chi connectivity index (χ4v) is 1.80. The molecule has 16 heavy (non-hydrogen) atoms. The van der Waals surface area contributed by atoms with Crippen LogP contribution < -0.4 is 5.73 Å². The first kappa shape index (κ1) is 13.2. The van der Waals surface area contributed by atoms with E-state index in [4.69, 9.17) is 5.73 Å². The lowest BCUT2D eigenvalue weighted by Crippen LogP contribution is -2.14. The Hall–Kier alpha value is -0.820. The highest BCUT2D eigenvalue weighted by atomic mass is 14.6. The van der Waals surface area contributed by atoms with Crippen LogP contribution in [0.2, 0.25) is 0 Å². The molecular weight excluding hydrogens is 194 g/mol. The van der Waals surface area contributed by atoms with Crippen molar-refractivity contribution in [3.8, 4) is 0 Å². The summed E-state index contributed by atoms with van der Waals surface area (Å²) in [5.41, 5.74) is 8.82. The molecule has 0 aliphatic rings. The Kier molecular flexibility index (Phi) is 4.55. The molecule has 90 valence electrons. The Morgan fingerprint density at radius 3 is 2.12 bits per heavy atom. The molecule has 0 aliphatic heterocycles. The number of hydrogen-bond acceptors (Lipinski definition) is 1. The molecule has 1 aromatic carbocycles. The van der Waals surface area contributed by atoms with Crippen molar-refractivity contribution in [3.63, 3.8) is 0 Å². The van der Waals surface area contributed by atoms with Gasteiger partial charge in [0, 0.05) is 6.04 Å². The maximum atomic E-state index is 5.74. The minimum absolute atomic E-state index is 0.254. The van der Waals surface area contributed by atoms with Crippen LogP contribution >= 0.6 is 0 Å². The van der Waals surface area contributed by atoms with Gasteiger partial charge in [-0.15, -0.1) is 0 Å². The van der Waals surface area contributed by atoms with E-state index in [1.54, 1.807) is 0 Å². The molecule has 0 radical (unpaired) electrons. The van der Waals surface area contributed by atoms with Crippen LogP contribution in [0.1, 0.15) is 51.7 Å². The molecule has 1 atom stereocenters. The zero-order valence-corrected chi connectivity index (χ0v) is 11.1. The Labute approximate surface area is 100 Å². The molecule has 0 amide bonds. The molecule has 1 heteroatoms. The van der Waals surface area contributed by atoms with E-state index >= 15 is 0 Å². The first-order valence-corrected chi connectivity index (χ1v) is 6.24. The molecule has 1 aromatic rings. The van der Waals surface area contributed by atoms with Crippen LogP contribution in [0.5, 0.6) is 0 Å². The molecule has 0 aliphatic carbocycles. The average molecular weight is 219 g/mol. The fraction of sp³-hybridized carbons (Fsp3) is 0.600. The van der Waals surface area contributed by atoms with Crippen molar-refractivity contribution < 1.29 is 0 Å². The quantitative estimate of drug-likeness (QED) is 0.822. The van der Waals surface area contributed by atoms with E-state index in [0.717, 1.165) is 12.8 Å². The van der Waals surface area contributed by atoms with Gasteiger partial charge in [0.2, 0.25) is 0 Å². The van der Waals surface area contributed by atoms with Crippen LogP contribution in [-0.2, 0) is 11.8 Å². The third kappa shape index (κ3) is 4.36. The Morgan fingerprint density at radius 2 is 1.69 bits per heavy atom. The van der Waals surface area contributed by atoms with Crippen molar-refractivity contribution in [2.75, 3.05) is 0 Å². The molecule has 0 spiro atoms. The topological polar surface area (TPSA) is 26.0 Å². The van der Waals surface area contributed by atoms with Gasteiger partial charge in [0.15, 0.2) is 0 Å². The van der Waals surface area contributed by atoms with Gasteiger partial charge in [-0.2, -0.15) is 0 Å². The van der Waals surface area contributed by atoms with E-state index in [0.29, 0.717) is 6.04 Å². The maximum Gasteiger partial charge on any atom is 0.00105 e. The summed E-state index contributed by atoms with van der Waals surface area (Å²) in [6.07, 6.45) is 3.44. The van der Waals surface area contributed by atoms with Gasteiger partial charge in [0.1, 0.15) is 0 Å². The molecule has 2 N–H and O–H groups in total. The largest absolute Gasteiger partial charge is 0.328 e. The van der Waals surface area contributed by atoms with E-state index < -0.39 is 0 Å². The van der Waals surface area contributed by atoms with E-state index in [1.165, 1.54) is 17.5 Å². The third-order valence-electron chi connectivity index (χ3n) is 2.94. The number of nitrogens with two attached hydrogens (primary N) is 1. The highest BCUT2D eigenvalue weighted by Crippen LogP contribution is 2.22. The molecule has 0 fully saturated rings. The van der Waals surface area contributed by atoms with E-state index in [1.807, 2.05) is 0 Å². The molecule has 0 saturated carbocycles. The first-order valence-electron chi connectivity index (χ1n) is 6.24. The van der Waals surface area contributed by atoms with Gasteiger partial charge in [-0.05, 0) is 42.7 Å². The molecule has 1 rings (SSSR count). The van der Waals surface area contributed by atoms with E-state index in [2.05, 4.69) is 52.0 Å². The first-order chi connectivity index (χ1) is 7.39. The molecule has 1 nitrogen and oxygen atoms in total. The molecule has 1 unspecified atom stereocenters. The van der Waals surface area contributed by atoms with Crippen molar-refractivity contribution in [1.82, 2.24) is 0 Å². The highest BCUT2D eigenvalue weighted by molar-refractivity contribution is 5.27. The Bertz CT molecular complexity index is 303. The van der Waals surface area contributed by atoms with Crippen molar-refractivity contribution in [1.29, 1.82) is 0 Å². The lowest BCUT2D eigenvalue weighted by Gasteiger charge is -2.19. The molecule has 0 heterocycles. The number of hydrogen-bond donors (Lipinski definition) is 1. The normalized spacial score (nSPS) is 13.8. The fourth-order valence-electron chi connectivity index (χ4n) is 1.80. The van der Waals surface area contributed by atoms with Gasteiger partial charge in [-0.3, -0.25) is 0 Å². The monoisotopic (exact) mass is 219 g/mol. The average Bonchev–Trinajstić information content (AvgIpc) is 2.16. The Morgan fingerprint density at radius 1 is 1.12 bits per heavy atom. The van der Waals surface area contributed by atoms with Crippen molar-refractivity contribution in [2.45, 2.75) is 58.4 Å². The smallest absolute Gasteiger partial charge is 0.00105 e. The van der Waals surface area contributed by atoms with Crippen molar-refractivity contribution >= 4 is 0 Å². The SMILES string of the molecule is CC(N)CCCc1ccc(C(C)(C)C)cc1. The maximum absolute atomic E-state index is 5.74. The van der Waals surface area contributed by atoms with Gasteiger partial charge in [-0.1, -0.05) is 45.0 Å². The van der Waals surface area contributed by atoms with Gasteiger partial charge in [-0.25, -0.2) is 0 Å². The predicted octanol–water partition coefficient (Wildman–Crippen LogP) is 3.65. The molecule has 0 saturated heterocycles. The minimum Gasteiger partial charge on any atom is -0.328 e. The minimum atomic E-state index is 0.254. The second-order valence-electron chi connectivity index (χ2n) is 5.82. The van der Waals surface area contributed by atoms with Crippen molar-refractivity contribution in [2.24, 2.45) is 5.73 Å². The second-order valence-corrected chi connectivity index (χ2v) is 5.82. The zero-order valence-electron chi connectivity index (χ0n) is 11.1. The van der Waals surface area contributed by atoms with Crippen LogP contribution in [-0.4, -0.2) is 6.04 Å². The number of benzene rings is 1. The van der Waals surface area contributed by atoms with Crippen LogP contribution in [0.15, 0.2) is 24.3 Å². The molecule has 0 bridgehead atoms. The number of aryl methyl sites for hydroxylation is 1. The molecular formula is C15H25N. The van der Waals surface area contributed by atoms with Gasteiger partial charge in [0.25, 0.3) is 0 Å².